The molecule has 0 aliphatic heterocycles. The molecule has 142 valence electrons. The predicted molar refractivity (Wildman–Crippen MR) is 98.6 cm³/mol. The molecule has 1 fully saturated rings. The second-order valence-corrected chi connectivity index (χ2v) is 6.70. The number of esters is 1. The van der Waals surface area contributed by atoms with Gasteiger partial charge in [-0.15, -0.1) is 0 Å². The number of amides is 2. The average molecular weight is 360 g/mol. The van der Waals surface area contributed by atoms with Crippen molar-refractivity contribution in [2.24, 2.45) is 0 Å². The van der Waals surface area contributed by atoms with Gasteiger partial charge in [0, 0.05) is 18.2 Å². The van der Waals surface area contributed by atoms with Crippen LogP contribution < -0.4 is 10.6 Å². The molecule has 1 aromatic rings. The van der Waals surface area contributed by atoms with E-state index in [1.54, 1.807) is 31.2 Å². The highest BCUT2D eigenvalue weighted by Gasteiger charge is 2.21. The summed E-state index contributed by atoms with van der Waals surface area (Å²) in [7, 11) is 0. The van der Waals surface area contributed by atoms with Gasteiger partial charge in [-0.2, -0.15) is 0 Å². The summed E-state index contributed by atoms with van der Waals surface area (Å²) in [6.07, 6.45) is 5.85. The standard InChI is InChI=1S/C20H28N2O4/c1-15(19(24)22-17-11-7-2-3-8-12-17)26-18(23)13-14-21-20(25)16-9-5-4-6-10-16/h4-6,9-10,15,17H,2-3,7-8,11-14H2,1H3,(H,21,25)(H,22,24). The minimum atomic E-state index is -0.824. The lowest BCUT2D eigenvalue weighted by Crippen LogP contribution is -2.42. The molecule has 0 heterocycles. The second-order valence-electron chi connectivity index (χ2n) is 6.70. The van der Waals surface area contributed by atoms with Crippen molar-refractivity contribution in [3.05, 3.63) is 35.9 Å². The third kappa shape index (κ3) is 6.86. The Morgan fingerprint density at radius 3 is 2.38 bits per heavy atom. The van der Waals surface area contributed by atoms with Crippen LogP contribution in [0, 0.1) is 0 Å². The fourth-order valence-corrected chi connectivity index (χ4v) is 3.02. The van der Waals surface area contributed by atoms with Crippen molar-refractivity contribution >= 4 is 17.8 Å². The summed E-state index contributed by atoms with van der Waals surface area (Å²) in [6.45, 7) is 1.75. The molecule has 1 aromatic carbocycles. The number of rotatable bonds is 7. The van der Waals surface area contributed by atoms with Crippen molar-refractivity contribution in [1.29, 1.82) is 0 Å². The highest BCUT2D eigenvalue weighted by Crippen LogP contribution is 2.17. The lowest BCUT2D eigenvalue weighted by molar-refractivity contribution is -0.155. The zero-order valence-corrected chi connectivity index (χ0v) is 15.3. The first kappa shape index (κ1) is 19.9. The maximum Gasteiger partial charge on any atom is 0.308 e. The molecule has 2 amide bonds. The largest absolute Gasteiger partial charge is 0.452 e. The molecule has 2 N–H and O–H groups in total. The summed E-state index contributed by atoms with van der Waals surface area (Å²) in [6, 6.07) is 8.96. The Bertz CT molecular complexity index is 595. The summed E-state index contributed by atoms with van der Waals surface area (Å²) < 4.78 is 5.17. The summed E-state index contributed by atoms with van der Waals surface area (Å²) in [5.41, 5.74) is 0.539. The van der Waals surface area contributed by atoms with Gasteiger partial charge in [0.05, 0.1) is 6.42 Å². The molecule has 1 aliphatic carbocycles. The van der Waals surface area contributed by atoms with E-state index >= 15 is 0 Å². The molecule has 6 heteroatoms. The van der Waals surface area contributed by atoms with Crippen molar-refractivity contribution in [2.45, 2.75) is 64.0 Å². The fraction of sp³-hybridized carbons (Fsp3) is 0.550. The van der Waals surface area contributed by atoms with Gasteiger partial charge in [-0.25, -0.2) is 0 Å². The monoisotopic (exact) mass is 360 g/mol. The van der Waals surface area contributed by atoms with E-state index in [1.807, 2.05) is 6.07 Å². The molecule has 0 radical (unpaired) electrons. The van der Waals surface area contributed by atoms with E-state index in [-0.39, 0.29) is 30.8 Å². The number of nitrogens with one attached hydrogen (secondary N) is 2. The van der Waals surface area contributed by atoms with Gasteiger partial charge in [0.1, 0.15) is 0 Å². The SMILES string of the molecule is CC(OC(=O)CCNC(=O)c1ccccc1)C(=O)NC1CCCCCC1. The molecule has 6 nitrogen and oxygen atoms in total. The van der Waals surface area contributed by atoms with Crippen LogP contribution >= 0.6 is 0 Å². The van der Waals surface area contributed by atoms with Gasteiger partial charge in [0.2, 0.25) is 0 Å². The Morgan fingerprint density at radius 1 is 1.08 bits per heavy atom. The third-order valence-corrected chi connectivity index (χ3v) is 4.53. The quantitative estimate of drug-likeness (QED) is 0.578. The molecule has 1 aliphatic rings. The van der Waals surface area contributed by atoms with E-state index in [9.17, 15) is 14.4 Å². The Labute approximate surface area is 154 Å². The van der Waals surface area contributed by atoms with Crippen LogP contribution in [0.5, 0.6) is 0 Å². The van der Waals surface area contributed by atoms with E-state index in [1.165, 1.54) is 12.8 Å². The number of ether oxygens (including phenoxy) is 1. The number of carbonyl (C=O) groups is 3. The summed E-state index contributed by atoms with van der Waals surface area (Å²) in [5.74, 6) is -0.988. The van der Waals surface area contributed by atoms with Crippen LogP contribution in [0.1, 0.15) is 62.2 Å². The number of benzene rings is 1. The maximum atomic E-state index is 12.2. The number of carbonyl (C=O) groups excluding carboxylic acids is 3. The van der Waals surface area contributed by atoms with Gasteiger partial charge in [-0.1, -0.05) is 43.9 Å². The first-order valence-electron chi connectivity index (χ1n) is 9.39. The Hall–Kier alpha value is -2.37. The smallest absolute Gasteiger partial charge is 0.308 e. The predicted octanol–water partition coefficient (Wildman–Crippen LogP) is 2.58. The molecule has 0 bridgehead atoms. The fourth-order valence-electron chi connectivity index (χ4n) is 3.02. The van der Waals surface area contributed by atoms with E-state index in [4.69, 9.17) is 4.74 Å². The van der Waals surface area contributed by atoms with Gasteiger partial charge >= 0.3 is 5.97 Å². The van der Waals surface area contributed by atoms with Crippen molar-refractivity contribution in [3.8, 4) is 0 Å². The summed E-state index contributed by atoms with van der Waals surface area (Å²) >= 11 is 0. The van der Waals surface area contributed by atoms with Crippen LogP contribution in [0.25, 0.3) is 0 Å². The Balaban J connectivity index is 1.66. The van der Waals surface area contributed by atoms with Gasteiger partial charge in [0.25, 0.3) is 11.8 Å². The first-order chi connectivity index (χ1) is 12.6. The van der Waals surface area contributed by atoms with Crippen LogP contribution in [-0.4, -0.2) is 36.5 Å². The zero-order valence-electron chi connectivity index (χ0n) is 15.3. The van der Waals surface area contributed by atoms with Crippen molar-refractivity contribution < 1.29 is 19.1 Å². The number of hydrogen-bond donors (Lipinski definition) is 2. The summed E-state index contributed by atoms with van der Waals surface area (Å²) in [5, 5.41) is 5.64. The minimum absolute atomic E-state index is 0.0274. The van der Waals surface area contributed by atoms with E-state index in [0.717, 1.165) is 25.7 Å². The van der Waals surface area contributed by atoms with Crippen LogP contribution in [-0.2, 0) is 14.3 Å². The number of hydrogen-bond acceptors (Lipinski definition) is 4. The Kier molecular flexibility index (Phi) is 8.12. The molecule has 1 saturated carbocycles. The molecule has 1 atom stereocenters. The van der Waals surface area contributed by atoms with Crippen LogP contribution in [0.2, 0.25) is 0 Å². The van der Waals surface area contributed by atoms with Gasteiger partial charge in [0.15, 0.2) is 6.10 Å². The maximum absolute atomic E-state index is 12.2. The average Bonchev–Trinajstić information content (AvgIpc) is 2.91. The van der Waals surface area contributed by atoms with E-state index in [2.05, 4.69) is 10.6 Å². The molecule has 1 unspecified atom stereocenters. The Morgan fingerprint density at radius 2 is 1.73 bits per heavy atom. The van der Waals surface area contributed by atoms with Gasteiger partial charge in [-0.3, -0.25) is 14.4 Å². The van der Waals surface area contributed by atoms with E-state index < -0.39 is 12.1 Å². The zero-order chi connectivity index (χ0) is 18.8. The molecule has 0 saturated heterocycles. The molecular weight excluding hydrogens is 332 g/mol. The third-order valence-electron chi connectivity index (χ3n) is 4.53. The minimum Gasteiger partial charge on any atom is -0.452 e. The van der Waals surface area contributed by atoms with Crippen molar-refractivity contribution in [1.82, 2.24) is 10.6 Å². The molecular formula is C20H28N2O4. The normalized spacial score (nSPS) is 16.2. The van der Waals surface area contributed by atoms with Crippen LogP contribution in [0.15, 0.2) is 30.3 Å². The van der Waals surface area contributed by atoms with E-state index in [0.29, 0.717) is 5.56 Å². The topological polar surface area (TPSA) is 84.5 Å². The lowest BCUT2D eigenvalue weighted by Gasteiger charge is -2.19. The van der Waals surface area contributed by atoms with Gasteiger partial charge < -0.3 is 15.4 Å². The van der Waals surface area contributed by atoms with Gasteiger partial charge in [-0.05, 0) is 31.9 Å². The lowest BCUT2D eigenvalue weighted by atomic mass is 10.1. The van der Waals surface area contributed by atoms with Crippen molar-refractivity contribution in [2.75, 3.05) is 6.54 Å². The van der Waals surface area contributed by atoms with Crippen LogP contribution in [0.4, 0.5) is 0 Å². The highest BCUT2D eigenvalue weighted by atomic mass is 16.5. The summed E-state index contributed by atoms with van der Waals surface area (Å²) in [4.78, 5) is 35.9. The molecule has 26 heavy (non-hydrogen) atoms. The molecule has 0 spiro atoms. The van der Waals surface area contributed by atoms with Crippen molar-refractivity contribution in [3.63, 3.8) is 0 Å². The second kappa shape index (κ2) is 10.6. The highest BCUT2D eigenvalue weighted by molar-refractivity contribution is 5.94. The molecule has 0 aromatic heterocycles. The first-order valence-corrected chi connectivity index (χ1v) is 9.39. The van der Waals surface area contributed by atoms with Crippen LogP contribution in [0.3, 0.4) is 0 Å². The molecule has 2 rings (SSSR count).